The Morgan fingerprint density at radius 1 is 1.05 bits per heavy atom. The molecule has 21 heavy (non-hydrogen) atoms. The van der Waals surface area contributed by atoms with Gasteiger partial charge >= 0.3 is 0 Å². The summed E-state index contributed by atoms with van der Waals surface area (Å²) in [5.41, 5.74) is 0.449. The standard InChI is InChI=1S/C16H18FNO3/c17-13-9-7-12(8-10-13)14(19)4-3-11-18-15(20)5-1-2-6-16(18)21/h7-10H,1-6,11H2. The maximum Gasteiger partial charge on any atom is 0.229 e. The van der Waals surface area contributed by atoms with Crippen LogP contribution >= 0.6 is 0 Å². The molecule has 0 spiro atoms. The van der Waals surface area contributed by atoms with Crippen LogP contribution < -0.4 is 0 Å². The van der Waals surface area contributed by atoms with Gasteiger partial charge in [0, 0.05) is 31.4 Å². The molecule has 2 amide bonds. The van der Waals surface area contributed by atoms with Crippen molar-refractivity contribution in [1.82, 2.24) is 4.90 Å². The summed E-state index contributed by atoms with van der Waals surface area (Å²) in [6.07, 6.45) is 2.97. The average molecular weight is 291 g/mol. The van der Waals surface area contributed by atoms with Crippen molar-refractivity contribution in [2.45, 2.75) is 38.5 Å². The van der Waals surface area contributed by atoms with Gasteiger partial charge < -0.3 is 0 Å². The van der Waals surface area contributed by atoms with Crippen molar-refractivity contribution in [2.75, 3.05) is 6.54 Å². The van der Waals surface area contributed by atoms with Crippen LogP contribution in [0, 0.1) is 5.82 Å². The molecule has 0 saturated carbocycles. The average Bonchev–Trinajstić information content (AvgIpc) is 2.62. The summed E-state index contributed by atoms with van der Waals surface area (Å²) in [5.74, 6) is -0.782. The molecule has 1 saturated heterocycles. The van der Waals surface area contributed by atoms with Gasteiger partial charge in [-0.25, -0.2) is 4.39 Å². The molecule has 0 aromatic heterocycles. The summed E-state index contributed by atoms with van der Waals surface area (Å²) in [6.45, 7) is 0.282. The molecule has 2 rings (SSSR count). The number of imide groups is 1. The normalized spacial score (nSPS) is 16.0. The lowest BCUT2D eigenvalue weighted by Gasteiger charge is -2.18. The largest absolute Gasteiger partial charge is 0.294 e. The molecular weight excluding hydrogens is 273 g/mol. The van der Waals surface area contributed by atoms with E-state index in [1.165, 1.54) is 29.2 Å². The summed E-state index contributed by atoms with van der Waals surface area (Å²) in [7, 11) is 0. The van der Waals surface area contributed by atoms with E-state index in [0.29, 0.717) is 24.8 Å². The van der Waals surface area contributed by atoms with Crippen LogP contribution in [-0.4, -0.2) is 29.0 Å². The summed E-state index contributed by atoms with van der Waals surface area (Å²) in [4.78, 5) is 36.8. The minimum absolute atomic E-state index is 0.107. The first-order chi connectivity index (χ1) is 10.1. The van der Waals surface area contributed by atoms with Crippen LogP contribution in [-0.2, 0) is 9.59 Å². The van der Waals surface area contributed by atoms with Crippen LogP contribution in [0.5, 0.6) is 0 Å². The maximum absolute atomic E-state index is 12.8. The van der Waals surface area contributed by atoms with Crippen LogP contribution in [0.4, 0.5) is 4.39 Å². The molecule has 0 N–H and O–H groups in total. The highest BCUT2D eigenvalue weighted by Crippen LogP contribution is 2.14. The van der Waals surface area contributed by atoms with Gasteiger partial charge in [0.25, 0.3) is 0 Å². The zero-order chi connectivity index (χ0) is 15.2. The second-order valence-corrected chi connectivity index (χ2v) is 5.18. The fourth-order valence-electron chi connectivity index (χ4n) is 2.39. The first kappa shape index (κ1) is 15.4. The van der Waals surface area contributed by atoms with Gasteiger partial charge in [-0.2, -0.15) is 0 Å². The van der Waals surface area contributed by atoms with Crippen molar-refractivity contribution in [3.05, 3.63) is 35.6 Å². The van der Waals surface area contributed by atoms with E-state index in [9.17, 15) is 18.8 Å². The Balaban J connectivity index is 1.85. The predicted octanol–water partition coefficient (Wildman–Crippen LogP) is 2.72. The Hall–Kier alpha value is -2.04. The molecule has 1 heterocycles. The molecule has 1 aliphatic heterocycles. The third-order valence-corrected chi connectivity index (χ3v) is 3.59. The number of carbonyl (C=O) groups is 3. The highest BCUT2D eigenvalue weighted by molar-refractivity contribution is 5.97. The molecule has 1 aromatic carbocycles. The highest BCUT2D eigenvalue weighted by atomic mass is 19.1. The second-order valence-electron chi connectivity index (χ2n) is 5.18. The molecule has 0 bridgehead atoms. The van der Waals surface area contributed by atoms with Crippen LogP contribution in [0.3, 0.4) is 0 Å². The number of Topliss-reactive ketones (excluding diaryl/α,β-unsaturated/α-hetero) is 1. The minimum atomic E-state index is -0.382. The molecule has 0 atom stereocenters. The van der Waals surface area contributed by atoms with Crippen LogP contribution in [0.1, 0.15) is 48.9 Å². The summed E-state index contributed by atoms with van der Waals surface area (Å²) in [6, 6.07) is 5.38. The second kappa shape index (κ2) is 7.11. The monoisotopic (exact) mass is 291 g/mol. The van der Waals surface area contributed by atoms with E-state index in [0.717, 1.165) is 12.8 Å². The van der Waals surface area contributed by atoms with Crippen molar-refractivity contribution in [3.8, 4) is 0 Å². The quantitative estimate of drug-likeness (QED) is 0.619. The van der Waals surface area contributed by atoms with Gasteiger partial charge in [0.1, 0.15) is 5.82 Å². The van der Waals surface area contributed by atoms with E-state index in [4.69, 9.17) is 0 Å². The van der Waals surface area contributed by atoms with Gasteiger partial charge in [-0.3, -0.25) is 19.3 Å². The Morgan fingerprint density at radius 3 is 2.19 bits per heavy atom. The van der Waals surface area contributed by atoms with Gasteiger partial charge in [-0.1, -0.05) is 0 Å². The molecule has 1 fully saturated rings. The lowest BCUT2D eigenvalue weighted by atomic mass is 10.1. The fraction of sp³-hybridized carbons (Fsp3) is 0.438. The Kier molecular flexibility index (Phi) is 5.20. The third kappa shape index (κ3) is 4.21. The zero-order valence-corrected chi connectivity index (χ0v) is 11.8. The number of rotatable bonds is 5. The fourth-order valence-corrected chi connectivity index (χ4v) is 2.39. The third-order valence-electron chi connectivity index (χ3n) is 3.59. The molecule has 0 aliphatic carbocycles. The van der Waals surface area contributed by atoms with Crippen LogP contribution in [0.2, 0.25) is 0 Å². The SMILES string of the molecule is O=C(CCCN1C(=O)CCCCC1=O)c1ccc(F)cc1. The van der Waals surface area contributed by atoms with Crippen molar-refractivity contribution >= 4 is 17.6 Å². The molecule has 0 radical (unpaired) electrons. The molecule has 1 aromatic rings. The molecule has 0 unspecified atom stereocenters. The number of amides is 2. The van der Waals surface area contributed by atoms with E-state index >= 15 is 0 Å². The summed E-state index contributed by atoms with van der Waals surface area (Å²) in [5, 5.41) is 0. The molecular formula is C16H18FNO3. The topological polar surface area (TPSA) is 54.5 Å². The number of carbonyl (C=O) groups excluding carboxylic acids is 3. The van der Waals surface area contributed by atoms with Gasteiger partial charge in [0.2, 0.25) is 11.8 Å². The smallest absolute Gasteiger partial charge is 0.229 e. The van der Waals surface area contributed by atoms with Crippen molar-refractivity contribution in [2.24, 2.45) is 0 Å². The first-order valence-corrected chi connectivity index (χ1v) is 7.20. The van der Waals surface area contributed by atoms with E-state index in [1.54, 1.807) is 0 Å². The number of ketones is 1. The Bertz CT molecular complexity index is 521. The lowest BCUT2D eigenvalue weighted by molar-refractivity contribution is -0.143. The lowest BCUT2D eigenvalue weighted by Crippen LogP contribution is -2.36. The summed E-state index contributed by atoms with van der Waals surface area (Å²) >= 11 is 0. The first-order valence-electron chi connectivity index (χ1n) is 7.20. The minimum Gasteiger partial charge on any atom is -0.294 e. The van der Waals surface area contributed by atoms with Gasteiger partial charge in [-0.05, 0) is 43.5 Å². The number of likely N-dealkylation sites (tertiary alicyclic amines) is 1. The number of nitrogens with zero attached hydrogens (tertiary/aromatic N) is 1. The van der Waals surface area contributed by atoms with Crippen LogP contribution in [0.15, 0.2) is 24.3 Å². The van der Waals surface area contributed by atoms with Crippen LogP contribution in [0.25, 0.3) is 0 Å². The summed E-state index contributed by atoms with van der Waals surface area (Å²) < 4.78 is 12.8. The van der Waals surface area contributed by atoms with Gasteiger partial charge in [0.15, 0.2) is 5.78 Å². The number of benzene rings is 1. The number of halogens is 1. The van der Waals surface area contributed by atoms with Gasteiger partial charge in [-0.15, -0.1) is 0 Å². The number of hydrogen-bond acceptors (Lipinski definition) is 3. The Morgan fingerprint density at radius 2 is 1.62 bits per heavy atom. The van der Waals surface area contributed by atoms with E-state index in [-0.39, 0.29) is 36.4 Å². The molecule has 1 aliphatic rings. The molecule has 4 nitrogen and oxygen atoms in total. The van der Waals surface area contributed by atoms with E-state index < -0.39 is 0 Å². The molecule has 112 valence electrons. The van der Waals surface area contributed by atoms with Crippen molar-refractivity contribution in [1.29, 1.82) is 0 Å². The zero-order valence-electron chi connectivity index (χ0n) is 11.8. The molecule has 5 heteroatoms. The van der Waals surface area contributed by atoms with Crippen molar-refractivity contribution in [3.63, 3.8) is 0 Å². The van der Waals surface area contributed by atoms with Gasteiger partial charge in [0.05, 0.1) is 0 Å². The highest BCUT2D eigenvalue weighted by Gasteiger charge is 2.23. The van der Waals surface area contributed by atoms with E-state index in [1.807, 2.05) is 0 Å². The van der Waals surface area contributed by atoms with Crippen molar-refractivity contribution < 1.29 is 18.8 Å². The Labute approximate surface area is 122 Å². The number of hydrogen-bond donors (Lipinski definition) is 0. The predicted molar refractivity (Wildman–Crippen MR) is 75.2 cm³/mol. The van der Waals surface area contributed by atoms with E-state index in [2.05, 4.69) is 0 Å². The maximum atomic E-state index is 12.8.